The Morgan fingerprint density at radius 2 is 1.63 bits per heavy atom. The van der Waals surface area contributed by atoms with Gasteiger partial charge in [-0.15, -0.1) is 0 Å². The molecule has 4 rings (SSSR count). The summed E-state index contributed by atoms with van der Waals surface area (Å²) in [7, 11) is 0. The molecule has 15 atom stereocenters. The summed E-state index contributed by atoms with van der Waals surface area (Å²) in [6, 6.07) is -1.28. The molecule has 2 heterocycles. The molecular formula is C35H59N2NaO14. The summed E-state index contributed by atoms with van der Waals surface area (Å²) in [6.45, 7) is 4.28. The number of ketones is 1. The number of amides is 1. The van der Waals surface area contributed by atoms with Crippen LogP contribution in [0.3, 0.4) is 0 Å². The van der Waals surface area contributed by atoms with Gasteiger partial charge in [0.05, 0.1) is 37.0 Å². The first kappa shape index (κ1) is 45.6. The first-order chi connectivity index (χ1) is 24.3. The topological polar surface area (TPSA) is 260 Å². The Bertz CT molecular complexity index is 1130. The molecule has 0 aromatic heterocycles. The van der Waals surface area contributed by atoms with Crippen molar-refractivity contribution in [3.05, 3.63) is 0 Å². The first-order valence-electron chi connectivity index (χ1n) is 18.6. The summed E-state index contributed by atoms with van der Waals surface area (Å²) in [6.07, 6.45) is -9.28. The first-order valence-corrected chi connectivity index (χ1v) is 18.6. The summed E-state index contributed by atoms with van der Waals surface area (Å²) >= 11 is 0. The van der Waals surface area contributed by atoms with Crippen molar-refractivity contribution in [2.45, 2.75) is 171 Å². The van der Waals surface area contributed by atoms with Crippen LogP contribution >= 0.6 is 0 Å². The minimum Gasteiger partial charge on any atom is -0.547 e. The van der Waals surface area contributed by atoms with Crippen molar-refractivity contribution in [3.63, 3.8) is 0 Å². The minimum absolute atomic E-state index is 0. The fourth-order valence-corrected chi connectivity index (χ4v) is 8.10. The number of carbonyl (C=O) groups is 3. The van der Waals surface area contributed by atoms with Gasteiger partial charge in [-0.1, -0.05) is 45.4 Å². The van der Waals surface area contributed by atoms with E-state index < -0.39 is 104 Å². The van der Waals surface area contributed by atoms with Crippen LogP contribution in [-0.2, 0) is 38.1 Å². The standard InChI is InChI=1S/C35H60N2O14.Na/c1-4-20-14-21(22(40)11-8-12-36)15-23(31(20)51-35-30(44)29(43)27(41)17(2)47-35)49-34-26(37-18(3)39)32(28(42)25(16-38)50-34)48-24(33(45)46)13-19-9-6-5-7-10-19;/h17,19-21,23-32,34-35,38,41-44H,4-16,36H2,1-3H3,(H,37,39)(H,45,46);/q;+1/p-1/t17?,20?,21?,23-,24+,25+,26?,27-,28+,29+,30?,31-,32?,34-,35+;/m1./s1. The number of rotatable bonds is 16. The van der Waals surface area contributed by atoms with Crippen molar-refractivity contribution < 1.29 is 98.3 Å². The predicted octanol–water partition coefficient (Wildman–Crippen LogP) is -4.61. The number of carbonyl (C=O) groups excluding carboxylic acids is 3. The van der Waals surface area contributed by atoms with Gasteiger partial charge in [-0.3, -0.25) is 9.59 Å². The average molecular weight is 755 g/mol. The van der Waals surface area contributed by atoms with Gasteiger partial charge >= 0.3 is 29.6 Å². The molecule has 6 unspecified atom stereocenters. The summed E-state index contributed by atoms with van der Waals surface area (Å²) in [5.41, 5.74) is 5.68. The van der Waals surface area contributed by atoms with Crippen LogP contribution in [0.1, 0.15) is 91.4 Å². The van der Waals surface area contributed by atoms with E-state index in [0.717, 1.165) is 32.1 Å². The van der Waals surface area contributed by atoms with Crippen molar-refractivity contribution >= 4 is 17.7 Å². The molecule has 0 aromatic rings. The monoisotopic (exact) mass is 754 g/mol. The van der Waals surface area contributed by atoms with Gasteiger partial charge in [-0.25, -0.2) is 0 Å². The van der Waals surface area contributed by atoms with Crippen LogP contribution < -0.4 is 45.7 Å². The number of hydrogen-bond acceptors (Lipinski definition) is 15. The summed E-state index contributed by atoms with van der Waals surface area (Å²) < 4.78 is 30.8. The molecule has 0 bridgehead atoms. The number of nitrogens with two attached hydrogens (primary N) is 1. The zero-order valence-corrected chi connectivity index (χ0v) is 32.9. The van der Waals surface area contributed by atoms with E-state index in [1.807, 2.05) is 6.92 Å². The molecule has 294 valence electrons. The molecule has 0 aromatic carbocycles. The molecule has 16 nitrogen and oxygen atoms in total. The van der Waals surface area contributed by atoms with Gasteiger partial charge in [0.25, 0.3) is 0 Å². The molecule has 0 radical (unpaired) electrons. The second-order valence-corrected chi connectivity index (χ2v) is 14.7. The van der Waals surface area contributed by atoms with E-state index >= 15 is 0 Å². The van der Waals surface area contributed by atoms with Gasteiger partial charge in [0, 0.05) is 19.3 Å². The van der Waals surface area contributed by atoms with Crippen LogP contribution in [0.5, 0.6) is 0 Å². The molecule has 2 saturated heterocycles. The Hall–Kier alpha value is -0.830. The summed E-state index contributed by atoms with van der Waals surface area (Å²) in [4.78, 5) is 38.3. The number of aliphatic hydroxyl groups is 5. The maximum absolute atomic E-state index is 13.4. The predicted molar refractivity (Wildman–Crippen MR) is 176 cm³/mol. The maximum atomic E-state index is 13.4. The summed E-state index contributed by atoms with van der Waals surface area (Å²) in [5, 5.41) is 68.2. The SMILES string of the molecule is CCC1CC(C(=O)CCCN)C[C@@H](O[C@@H]2O[C@@H](CO)[C@H](O)C(O[C@@H](CC3CCCCC3)C(=O)[O-])C2NC(C)=O)[C@@H]1O[C@@H]1OC(C)[C@@H](O)[C@H](O)C1O.[Na+]. The Kier molecular flexibility index (Phi) is 18.8. The Morgan fingerprint density at radius 3 is 2.23 bits per heavy atom. The number of ether oxygens (including phenoxy) is 5. The second kappa shape index (κ2) is 21.5. The molecule has 2 saturated carbocycles. The van der Waals surface area contributed by atoms with E-state index in [1.165, 1.54) is 13.8 Å². The van der Waals surface area contributed by atoms with E-state index in [4.69, 9.17) is 29.4 Å². The third-order valence-electron chi connectivity index (χ3n) is 11.0. The minimum atomic E-state index is -1.62. The largest absolute Gasteiger partial charge is 1.00 e. The molecule has 1 amide bonds. The van der Waals surface area contributed by atoms with Gasteiger partial charge in [0.2, 0.25) is 5.91 Å². The molecule has 4 fully saturated rings. The quantitative estimate of drug-likeness (QED) is 0.0732. The van der Waals surface area contributed by atoms with Crippen molar-refractivity contribution in [2.24, 2.45) is 23.5 Å². The molecule has 0 spiro atoms. The smallest absolute Gasteiger partial charge is 0.547 e. The Labute approximate surface area is 327 Å². The van der Waals surface area contributed by atoms with Crippen LogP contribution in [0.2, 0.25) is 0 Å². The van der Waals surface area contributed by atoms with Crippen molar-refractivity contribution in [2.75, 3.05) is 13.2 Å². The Balaban J connectivity index is 0.00000729. The van der Waals surface area contributed by atoms with Crippen LogP contribution in [0.15, 0.2) is 0 Å². The van der Waals surface area contributed by atoms with Crippen molar-refractivity contribution in [1.29, 1.82) is 0 Å². The number of aliphatic carboxylic acids is 1. The van der Waals surface area contributed by atoms with Crippen LogP contribution in [0.25, 0.3) is 0 Å². The fraction of sp³-hybridized carbons (Fsp3) is 0.914. The molecular weight excluding hydrogens is 695 g/mol. The van der Waals surface area contributed by atoms with E-state index in [2.05, 4.69) is 5.32 Å². The molecule has 52 heavy (non-hydrogen) atoms. The number of hydrogen-bond donors (Lipinski definition) is 7. The molecule has 4 aliphatic rings. The number of carboxylic acid groups (broad SMARTS) is 1. The van der Waals surface area contributed by atoms with Gasteiger partial charge in [0.1, 0.15) is 48.4 Å². The average Bonchev–Trinajstić information content (AvgIpc) is 3.11. The second-order valence-electron chi connectivity index (χ2n) is 14.7. The third-order valence-corrected chi connectivity index (χ3v) is 11.0. The molecule has 2 aliphatic carbocycles. The van der Waals surface area contributed by atoms with Gasteiger partial charge in [-0.05, 0) is 51.0 Å². The van der Waals surface area contributed by atoms with Gasteiger partial charge < -0.3 is 70.2 Å². The third kappa shape index (κ3) is 11.6. The molecule has 2 aliphatic heterocycles. The normalized spacial score (nSPS) is 39.2. The number of carboxylic acids is 1. The van der Waals surface area contributed by atoms with Gasteiger partial charge in [0.15, 0.2) is 12.6 Å². The molecule has 17 heteroatoms. The van der Waals surface area contributed by atoms with Crippen molar-refractivity contribution in [3.8, 4) is 0 Å². The zero-order valence-electron chi connectivity index (χ0n) is 30.9. The Morgan fingerprint density at radius 1 is 0.942 bits per heavy atom. The van der Waals surface area contributed by atoms with Crippen LogP contribution in [-0.4, -0.2) is 136 Å². The van der Waals surface area contributed by atoms with E-state index in [-0.39, 0.29) is 66.4 Å². The van der Waals surface area contributed by atoms with E-state index in [9.17, 15) is 45.0 Å². The summed E-state index contributed by atoms with van der Waals surface area (Å²) in [5.74, 6) is -2.82. The van der Waals surface area contributed by atoms with Crippen molar-refractivity contribution in [1.82, 2.24) is 5.32 Å². The zero-order chi connectivity index (χ0) is 37.4. The van der Waals surface area contributed by atoms with Gasteiger partial charge in [-0.2, -0.15) is 0 Å². The maximum Gasteiger partial charge on any atom is 1.00 e. The number of Topliss-reactive ketones (excluding diaryl/α,β-unsaturated/α-hetero) is 1. The van der Waals surface area contributed by atoms with E-state index in [0.29, 0.717) is 25.8 Å². The number of aliphatic hydroxyl groups excluding tert-OH is 5. The molecule has 8 N–H and O–H groups in total. The van der Waals surface area contributed by atoms with Crippen LogP contribution in [0, 0.1) is 17.8 Å². The fourth-order valence-electron chi connectivity index (χ4n) is 8.10. The van der Waals surface area contributed by atoms with Crippen LogP contribution in [0.4, 0.5) is 0 Å². The van der Waals surface area contributed by atoms with E-state index in [1.54, 1.807) is 0 Å². The number of nitrogens with one attached hydrogen (secondary N) is 1.